The summed E-state index contributed by atoms with van der Waals surface area (Å²) in [5.41, 5.74) is 1.54. The number of pyridine rings is 1. The zero-order valence-corrected chi connectivity index (χ0v) is 9.69. The molecule has 2 aromatic rings. The number of aromatic nitrogens is 1. The van der Waals surface area contributed by atoms with E-state index in [0.29, 0.717) is 23.1 Å². The minimum Gasteiger partial charge on any atom is -0.473 e. The summed E-state index contributed by atoms with van der Waals surface area (Å²) >= 11 is 5.81. The van der Waals surface area contributed by atoms with E-state index in [0.717, 1.165) is 5.56 Å². The molecule has 1 aromatic carbocycles. The molecule has 0 aliphatic heterocycles. The van der Waals surface area contributed by atoms with Crippen LogP contribution in [0.3, 0.4) is 0 Å². The van der Waals surface area contributed by atoms with Gasteiger partial charge in [0.05, 0.1) is 11.6 Å². The number of nitriles is 1. The van der Waals surface area contributed by atoms with E-state index in [1.807, 2.05) is 12.1 Å². The van der Waals surface area contributed by atoms with Gasteiger partial charge in [0.2, 0.25) is 5.88 Å². The van der Waals surface area contributed by atoms with Crippen LogP contribution in [0.2, 0.25) is 5.02 Å². The van der Waals surface area contributed by atoms with E-state index in [2.05, 4.69) is 11.1 Å². The average molecular weight is 245 g/mol. The third-order valence-electron chi connectivity index (χ3n) is 2.14. The van der Waals surface area contributed by atoms with Crippen LogP contribution in [0, 0.1) is 11.3 Å². The quantitative estimate of drug-likeness (QED) is 0.833. The lowest BCUT2D eigenvalue weighted by Gasteiger charge is -2.05. The molecular formula is C13H9ClN2O. The Balaban J connectivity index is 2.05. The van der Waals surface area contributed by atoms with Crippen molar-refractivity contribution in [1.82, 2.24) is 4.98 Å². The molecule has 2 rings (SSSR count). The summed E-state index contributed by atoms with van der Waals surface area (Å²) in [6, 6.07) is 12.7. The highest BCUT2D eigenvalue weighted by Gasteiger charge is 1.99. The molecule has 1 aromatic heterocycles. The van der Waals surface area contributed by atoms with E-state index >= 15 is 0 Å². The summed E-state index contributed by atoms with van der Waals surface area (Å²) in [6.45, 7) is 0.364. The van der Waals surface area contributed by atoms with Crippen LogP contribution in [-0.4, -0.2) is 4.98 Å². The molecule has 0 amide bonds. The number of nitrogens with zero attached hydrogens (tertiary/aromatic N) is 2. The molecule has 0 radical (unpaired) electrons. The molecule has 0 saturated heterocycles. The number of hydrogen-bond donors (Lipinski definition) is 0. The Kier molecular flexibility index (Phi) is 3.59. The molecule has 0 saturated carbocycles. The fraction of sp³-hybridized carbons (Fsp3) is 0.0769. The predicted octanol–water partition coefficient (Wildman–Crippen LogP) is 3.19. The first-order valence-electron chi connectivity index (χ1n) is 5.01. The monoisotopic (exact) mass is 244 g/mol. The first kappa shape index (κ1) is 11.4. The number of rotatable bonds is 3. The highest BCUT2D eigenvalue weighted by atomic mass is 35.5. The molecule has 17 heavy (non-hydrogen) atoms. The van der Waals surface area contributed by atoms with Crippen molar-refractivity contribution in [1.29, 1.82) is 5.26 Å². The molecule has 0 aliphatic rings. The normalized spacial score (nSPS) is 9.65. The van der Waals surface area contributed by atoms with Gasteiger partial charge in [-0.05, 0) is 23.8 Å². The van der Waals surface area contributed by atoms with Crippen LogP contribution in [0.4, 0.5) is 0 Å². The number of hydrogen-bond acceptors (Lipinski definition) is 3. The van der Waals surface area contributed by atoms with Crippen LogP contribution in [-0.2, 0) is 6.61 Å². The smallest absolute Gasteiger partial charge is 0.215 e. The molecule has 0 fully saturated rings. The van der Waals surface area contributed by atoms with Crippen molar-refractivity contribution in [2.24, 2.45) is 0 Å². The van der Waals surface area contributed by atoms with Crippen LogP contribution in [0.25, 0.3) is 0 Å². The standard InChI is InChI=1S/C13H9ClN2O/c14-12-4-5-16-13(7-12)17-9-11-3-1-2-10(6-11)8-15/h1-7H,9H2. The topological polar surface area (TPSA) is 45.9 Å². The Labute approximate surface area is 104 Å². The Hall–Kier alpha value is -2.05. The molecule has 4 heteroatoms. The van der Waals surface area contributed by atoms with Crippen molar-refractivity contribution < 1.29 is 4.74 Å². The third kappa shape index (κ3) is 3.20. The van der Waals surface area contributed by atoms with E-state index in [1.54, 1.807) is 30.5 Å². The van der Waals surface area contributed by atoms with Crippen LogP contribution >= 0.6 is 11.6 Å². The SMILES string of the molecule is N#Cc1cccc(COc2cc(Cl)ccn2)c1. The van der Waals surface area contributed by atoms with Crippen LogP contribution in [0.5, 0.6) is 5.88 Å². The molecule has 3 nitrogen and oxygen atoms in total. The van der Waals surface area contributed by atoms with Crippen molar-refractivity contribution in [2.45, 2.75) is 6.61 Å². The van der Waals surface area contributed by atoms with Crippen molar-refractivity contribution >= 4 is 11.6 Å². The summed E-state index contributed by atoms with van der Waals surface area (Å²) in [6.07, 6.45) is 1.59. The van der Waals surface area contributed by atoms with Gasteiger partial charge in [0.15, 0.2) is 0 Å². The maximum atomic E-state index is 8.76. The fourth-order valence-electron chi connectivity index (χ4n) is 1.35. The highest BCUT2D eigenvalue weighted by Crippen LogP contribution is 2.15. The van der Waals surface area contributed by atoms with Crippen molar-refractivity contribution in [2.75, 3.05) is 0 Å². The van der Waals surface area contributed by atoms with E-state index in [-0.39, 0.29) is 0 Å². The van der Waals surface area contributed by atoms with Gasteiger partial charge in [-0.1, -0.05) is 23.7 Å². The molecule has 0 bridgehead atoms. The maximum Gasteiger partial charge on any atom is 0.215 e. The Morgan fingerprint density at radius 3 is 2.94 bits per heavy atom. The molecule has 0 unspecified atom stereocenters. The number of halogens is 1. The first-order valence-corrected chi connectivity index (χ1v) is 5.39. The summed E-state index contributed by atoms with van der Waals surface area (Å²) in [4.78, 5) is 4.03. The fourth-order valence-corrected chi connectivity index (χ4v) is 1.50. The van der Waals surface area contributed by atoms with Gasteiger partial charge in [-0.25, -0.2) is 4.98 Å². The second-order valence-corrected chi connectivity index (χ2v) is 3.85. The lowest BCUT2D eigenvalue weighted by molar-refractivity contribution is 0.294. The lowest BCUT2D eigenvalue weighted by Crippen LogP contribution is -1.97. The van der Waals surface area contributed by atoms with Gasteiger partial charge in [-0.15, -0.1) is 0 Å². The van der Waals surface area contributed by atoms with Crippen molar-refractivity contribution in [3.8, 4) is 11.9 Å². The van der Waals surface area contributed by atoms with E-state index in [4.69, 9.17) is 21.6 Å². The van der Waals surface area contributed by atoms with Gasteiger partial charge in [0.1, 0.15) is 6.61 Å². The molecule has 84 valence electrons. The third-order valence-corrected chi connectivity index (χ3v) is 2.37. The molecule has 0 N–H and O–H groups in total. The average Bonchev–Trinajstić information content (AvgIpc) is 2.37. The Bertz CT molecular complexity index is 563. The number of ether oxygens (including phenoxy) is 1. The Morgan fingerprint density at radius 2 is 2.18 bits per heavy atom. The maximum absolute atomic E-state index is 8.76. The van der Waals surface area contributed by atoms with Gasteiger partial charge in [0, 0.05) is 17.3 Å². The van der Waals surface area contributed by atoms with Gasteiger partial charge in [-0.2, -0.15) is 5.26 Å². The van der Waals surface area contributed by atoms with Crippen LogP contribution in [0.1, 0.15) is 11.1 Å². The molecule has 1 heterocycles. The van der Waals surface area contributed by atoms with Gasteiger partial charge in [-0.3, -0.25) is 0 Å². The van der Waals surface area contributed by atoms with Crippen molar-refractivity contribution in [3.05, 3.63) is 58.7 Å². The second kappa shape index (κ2) is 5.33. The summed E-state index contributed by atoms with van der Waals surface area (Å²) < 4.78 is 5.47. The molecular weight excluding hydrogens is 236 g/mol. The Morgan fingerprint density at radius 1 is 1.29 bits per heavy atom. The molecule has 0 atom stereocenters. The minimum atomic E-state index is 0.364. The largest absolute Gasteiger partial charge is 0.473 e. The summed E-state index contributed by atoms with van der Waals surface area (Å²) in [5, 5.41) is 9.35. The first-order chi connectivity index (χ1) is 8.28. The second-order valence-electron chi connectivity index (χ2n) is 3.41. The van der Waals surface area contributed by atoms with Crippen LogP contribution in [0.15, 0.2) is 42.6 Å². The van der Waals surface area contributed by atoms with Gasteiger partial charge < -0.3 is 4.74 Å². The highest BCUT2D eigenvalue weighted by molar-refractivity contribution is 6.30. The zero-order valence-electron chi connectivity index (χ0n) is 8.93. The predicted molar refractivity (Wildman–Crippen MR) is 64.7 cm³/mol. The van der Waals surface area contributed by atoms with Gasteiger partial charge >= 0.3 is 0 Å². The van der Waals surface area contributed by atoms with Gasteiger partial charge in [0.25, 0.3) is 0 Å². The van der Waals surface area contributed by atoms with Crippen molar-refractivity contribution in [3.63, 3.8) is 0 Å². The van der Waals surface area contributed by atoms with Crippen LogP contribution < -0.4 is 4.74 Å². The summed E-state index contributed by atoms with van der Waals surface area (Å²) in [5.74, 6) is 0.472. The van der Waals surface area contributed by atoms with E-state index in [9.17, 15) is 0 Å². The molecule has 0 spiro atoms. The molecule has 0 aliphatic carbocycles. The van der Waals surface area contributed by atoms with E-state index < -0.39 is 0 Å². The zero-order chi connectivity index (χ0) is 12.1. The minimum absolute atomic E-state index is 0.364. The number of benzene rings is 1. The lowest BCUT2D eigenvalue weighted by atomic mass is 10.1. The summed E-state index contributed by atoms with van der Waals surface area (Å²) in [7, 11) is 0. The van der Waals surface area contributed by atoms with E-state index in [1.165, 1.54) is 0 Å².